The van der Waals surface area contributed by atoms with Gasteiger partial charge in [-0.05, 0) is 17.7 Å². The molecule has 17 heavy (non-hydrogen) atoms. The van der Waals surface area contributed by atoms with Crippen molar-refractivity contribution >= 4 is 18.4 Å². The Morgan fingerprint density at radius 1 is 1.47 bits per heavy atom. The van der Waals surface area contributed by atoms with Gasteiger partial charge in [0.1, 0.15) is 5.82 Å². The summed E-state index contributed by atoms with van der Waals surface area (Å²) in [6, 6.07) is 6.39. The van der Waals surface area contributed by atoms with Gasteiger partial charge in [0.25, 0.3) is 0 Å². The molecule has 0 aromatic heterocycles. The molecule has 0 radical (unpaired) electrons. The zero-order chi connectivity index (χ0) is 11.5. The molecule has 5 heteroatoms. The van der Waals surface area contributed by atoms with Crippen molar-refractivity contribution < 1.29 is 13.9 Å². The van der Waals surface area contributed by atoms with Crippen molar-refractivity contribution in [3.8, 4) is 0 Å². The lowest BCUT2D eigenvalue weighted by Crippen LogP contribution is -2.22. The van der Waals surface area contributed by atoms with Crippen molar-refractivity contribution in [1.29, 1.82) is 0 Å². The van der Waals surface area contributed by atoms with Gasteiger partial charge in [-0.3, -0.25) is 4.79 Å². The predicted octanol–water partition coefficient (Wildman–Crippen LogP) is 1.72. The van der Waals surface area contributed by atoms with Gasteiger partial charge in [-0.15, -0.1) is 12.4 Å². The number of carbonyl (C=O) groups is 1. The molecule has 1 aliphatic heterocycles. The normalized spacial score (nSPS) is 22.9. The molecule has 1 aromatic rings. The number of carbonyl (C=O) groups excluding carboxylic acids is 1. The lowest BCUT2D eigenvalue weighted by Gasteiger charge is -2.16. The number of ether oxygens (including phenoxy) is 1. The van der Waals surface area contributed by atoms with Crippen LogP contribution in [0.4, 0.5) is 4.39 Å². The Morgan fingerprint density at radius 3 is 2.88 bits per heavy atom. The fraction of sp³-hybridized carbons (Fsp3) is 0.417. The molecule has 0 spiro atoms. The first-order chi connectivity index (χ1) is 7.72. The first kappa shape index (κ1) is 13.9. The summed E-state index contributed by atoms with van der Waals surface area (Å²) in [5, 5.41) is 3.13. The maximum absolute atomic E-state index is 13.1. The molecular weight excluding hydrogens is 245 g/mol. The van der Waals surface area contributed by atoms with Crippen molar-refractivity contribution in [3.05, 3.63) is 35.6 Å². The average molecular weight is 260 g/mol. The Balaban J connectivity index is 0.00000144. The molecule has 2 rings (SSSR count). The van der Waals surface area contributed by atoms with Gasteiger partial charge in [0.2, 0.25) is 0 Å². The Kier molecular flexibility index (Phi) is 4.90. The summed E-state index contributed by atoms with van der Waals surface area (Å²) >= 11 is 0. The van der Waals surface area contributed by atoms with Crippen LogP contribution in [0.1, 0.15) is 11.5 Å². The Hall–Kier alpha value is -1.13. The average Bonchev–Trinajstić information content (AvgIpc) is 2.77. The number of rotatable bonds is 2. The maximum atomic E-state index is 13.1. The van der Waals surface area contributed by atoms with Crippen molar-refractivity contribution in [2.45, 2.75) is 5.92 Å². The minimum Gasteiger partial charge on any atom is -0.469 e. The third kappa shape index (κ3) is 2.96. The molecule has 1 fully saturated rings. The van der Waals surface area contributed by atoms with Crippen LogP contribution in [-0.2, 0) is 9.53 Å². The second kappa shape index (κ2) is 5.98. The number of halogens is 2. The van der Waals surface area contributed by atoms with Crippen molar-refractivity contribution in [3.63, 3.8) is 0 Å². The minimum absolute atomic E-state index is 0. The zero-order valence-corrected chi connectivity index (χ0v) is 10.3. The van der Waals surface area contributed by atoms with Crippen LogP contribution in [0.5, 0.6) is 0 Å². The molecule has 0 amide bonds. The lowest BCUT2D eigenvalue weighted by atomic mass is 9.89. The molecule has 0 saturated carbocycles. The largest absolute Gasteiger partial charge is 0.469 e. The quantitative estimate of drug-likeness (QED) is 0.822. The van der Waals surface area contributed by atoms with E-state index in [4.69, 9.17) is 4.74 Å². The van der Waals surface area contributed by atoms with Crippen LogP contribution >= 0.6 is 12.4 Å². The molecule has 0 aliphatic carbocycles. The summed E-state index contributed by atoms with van der Waals surface area (Å²) in [6.07, 6.45) is 0. The molecule has 1 aromatic carbocycles. The van der Waals surface area contributed by atoms with Crippen LogP contribution in [0, 0.1) is 11.7 Å². The van der Waals surface area contributed by atoms with E-state index >= 15 is 0 Å². The van der Waals surface area contributed by atoms with Crippen LogP contribution in [0.2, 0.25) is 0 Å². The highest BCUT2D eigenvalue weighted by Gasteiger charge is 2.34. The fourth-order valence-electron chi connectivity index (χ4n) is 2.17. The highest BCUT2D eigenvalue weighted by Crippen LogP contribution is 2.29. The van der Waals surface area contributed by atoms with Gasteiger partial charge >= 0.3 is 5.97 Å². The second-order valence-electron chi connectivity index (χ2n) is 3.95. The predicted molar refractivity (Wildman–Crippen MR) is 64.8 cm³/mol. The van der Waals surface area contributed by atoms with Gasteiger partial charge < -0.3 is 10.1 Å². The van der Waals surface area contributed by atoms with Crippen LogP contribution in [0.3, 0.4) is 0 Å². The summed E-state index contributed by atoms with van der Waals surface area (Å²) in [5.41, 5.74) is 0.848. The summed E-state index contributed by atoms with van der Waals surface area (Å²) in [7, 11) is 1.38. The van der Waals surface area contributed by atoms with Crippen LogP contribution < -0.4 is 5.32 Å². The van der Waals surface area contributed by atoms with Gasteiger partial charge in [0.15, 0.2) is 0 Å². The maximum Gasteiger partial charge on any atom is 0.310 e. The monoisotopic (exact) mass is 259 g/mol. The number of methoxy groups -OCH3 is 1. The van der Waals surface area contributed by atoms with E-state index in [1.807, 2.05) is 6.07 Å². The van der Waals surface area contributed by atoms with Crippen LogP contribution in [-0.4, -0.2) is 26.2 Å². The molecule has 1 aliphatic rings. The van der Waals surface area contributed by atoms with Gasteiger partial charge in [-0.2, -0.15) is 0 Å². The second-order valence-corrected chi connectivity index (χ2v) is 3.95. The third-order valence-electron chi connectivity index (χ3n) is 2.99. The van der Waals surface area contributed by atoms with E-state index < -0.39 is 0 Å². The molecular formula is C12H15ClFNO2. The smallest absolute Gasteiger partial charge is 0.310 e. The first-order valence-electron chi connectivity index (χ1n) is 5.26. The van der Waals surface area contributed by atoms with Gasteiger partial charge in [-0.25, -0.2) is 4.39 Å². The Morgan fingerprint density at radius 2 is 2.24 bits per heavy atom. The van der Waals surface area contributed by atoms with Crippen molar-refractivity contribution in [2.24, 2.45) is 5.92 Å². The minimum atomic E-state index is -0.270. The van der Waals surface area contributed by atoms with Gasteiger partial charge in [0.05, 0.1) is 13.0 Å². The molecule has 2 unspecified atom stereocenters. The number of benzene rings is 1. The van der Waals surface area contributed by atoms with E-state index in [0.29, 0.717) is 13.1 Å². The Bertz CT molecular complexity index is 400. The van der Waals surface area contributed by atoms with E-state index in [2.05, 4.69) is 5.32 Å². The molecule has 1 saturated heterocycles. The van der Waals surface area contributed by atoms with Crippen molar-refractivity contribution in [2.75, 3.05) is 20.2 Å². The van der Waals surface area contributed by atoms with E-state index in [-0.39, 0.29) is 36.0 Å². The molecule has 1 heterocycles. The summed E-state index contributed by atoms with van der Waals surface area (Å²) in [5.74, 6) is -0.720. The SMILES string of the molecule is COC(=O)C1CNCC1c1cccc(F)c1.Cl. The highest BCUT2D eigenvalue weighted by atomic mass is 35.5. The lowest BCUT2D eigenvalue weighted by molar-refractivity contribution is -0.145. The molecule has 1 N–H and O–H groups in total. The number of esters is 1. The summed E-state index contributed by atoms with van der Waals surface area (Å²) in [6.45, 7) is 1.27. The van der Waals surface area contributed by atoms with Crippen LogP contribution in [0.15, 0.2) is 24.3 Å². The van der Waals surface area contributed by atoms with E-state index in [0.717, 1.165) is 5.56 Å². The van der Waals surface area contributed by atoms with Gasteiger partial charge in [0, 0.05) is 19.0 Å². The molecule has 3 nitrogen and oxygen atoms in total. The van der Waals surface area contributed by atoms with E-state index in [1.165, 1.54) is 19.2 Å². The fourth-order valence-corrected chi connectivity index (χ4v) is 2.17. The van der Waals surface area contributed by atoms with Gasteiger partial charge in [-0.1, -0.05) is 12.1 Å². The topological polar surface area (TPSA) is 38.3 Å². The number of hydrogen-bond acceptors (Lipinski definition) is 3. The third-order valence-corrected chi connectivity index (χ3v) is 2.99. The van der Waals surface area contributed by atoms with Crippen molar-refractivity contribution in [1.82, 2.24) is 5.32 Å². The first-order valence-corrected chi connectivity index (χ1v) is 5.26. The highest BCUT2D eigenvalue weighted by molar-refractivity contribution is 5.85. The van der Waals surface area contributed by atoms with E-state index in [9.17, 15) is 9.18 Å². The molecule has 0 bridgehead atoms. The standard InChI is InChI=1S/C12H14FNO2.ClH/c1-16-12(15)11-7-14-6-10(11)8-3-2-4-9(13)5-8;/h2-5,10-11,14H,6-7H2,1H3;1H. The molecule has 94 valence electrons. The number of hydrogen-bond donors (Lipinski definition) is 1. The molecule has 2 atom stereocenters. The Labute approximate surface area is 106 Å². The summed E-state index contributed by atoms with van der Waals surface area (Å²) in [4.78, 5) is 11.5. The number of nitrogens with one attached hydrogen (secondary N) is 1. The van der Waals surface area contributed by atoms with E-state index in [1.54, 1.807) is 6.07 Å². The zero-order valence-electron chi connectivity index (χ0n) is 9.48. The summed E-state index contributed by atoms with van der Waals surface area (Å²) < 4.78 is 17.8. The van der Waals surface area contributed by atoms with Crippen LogP contribution in [0.25, 0.3) is 0 Å².